The molecule has 0 bridgehead atoms. The molecule has 1 heterocycles. The van der Waals surface area contributed by atoms with E-state index in [9.17, 15) is 4.79 Å². The van der Waals surface area contributed by atoms with Gasteiger partial charge in [0.15, 0.2) is 0 Å². The topological polar surface area (TPSA) is 64.1 Å². The summed E-state index contributed by atoms with van der Waals surface area (Å²) in [6.07, 6.45) is 5.68. The molecule has 0 aliphatic heterocycles. The number of hydrogen-bond acceptors (Lipinski definition) is 4. The summed E-state index contributed by atoms with van der Waals surface area (Å²) in [6.45, 7) is 0.554. The summed E-state index contributed by atoms with van der Waals surface area (Å²) in [5.74, 6) is 0.637. The molecule has 0 unspecified atom stereocenters. The van der Waals surface area contributed by atoms with Crippen molar-refractivity contribution in [2.75, 3.05) is 13.7 Å². The summed E-state index contributed by atoms with van der Waals surface area (Å²) < 4.78 is 5.04. The molecule has 0 saturated carbocycles. The van der Waals surface area contributed by atoms with Crippen LogP contribution >= 0.6 is 0 Å². The number of methoxy groups -OCH3 is 1. The summed E-state index contributed by atoms with van der Waals surface area (Å²) in [6, 6.07) is 7.00. The largest absolute Gasteiger partial charge is 0.497 e. The van der Waals surface area contributed by atoms with Gasteiger partial charge in [-0.25, -0.2) is 9.97 Å². The van der Waals surface area contributed by atoms with Crippen LogP contribution in [0.1, 0.15) is 15.9 Å². The number of rotatable bonds is 5. The number of nitrogens with zero attached hydrogens (tertiary/aromatic N) is 2. The Labute approximate surface area is 111 Å². The highest BCUT2D eigenvalue weighted by Crippen LogP contribution is 2.10. The first-order chi connectivity index (χ1) is 9.29. The van der Waals surface area contributed by atoms with Crippen LogP contribution in [0.25, 0.3) is 0 Å². The van der Waals surface area contributed by atoms with E-state index in [0.29, 0.717) is 18.5 Å². The average molecular weight is 257 g/mol. The van der Waals surface area contributed by atoms with Gasteiger partial charge in [0, 0.05) is 24.5 Å². The lowest BCUT2D eigenvalue weighted by Crippen LogP contribution is -2.25. The van der Waals surface area contributed by atoms with Crippen molar-refractivity contribution in [3.63, 3.8) is 0 Å². The third-order valence-electron chi connectivity index (χ3n) is 2.67. The second-order valence-electron chi connectivity index (χ2n) is 3.98. The molecule has 2 rings (SSSR count). The van der Waals surface area contributed by atoms with Crippen molar-refractivity contribution >= 4 is 5.91 Å². The van der Waals surface area contributed by atoms with Crippen molar-refractivity contribution in [2.45, 2.75) is 6.42 Å². The lowest BCUT2D eigenvalue weighted by Gasteiger charge is -2.05. The van der Waals surface area contributed by atoms with Gasteiger partial charge in [-0.05, 0) is 36.2 Å². The minimum absolute atomic E-state index is 0.0977. The van der Waals surface area contributed by atoms with E-state index < -0.39 is 0 Å². The van der Waals surface area contributed by atoms with Crippen LogP contribution in [0.2, 0.25) is 0 Å². The molecule has 1 amide bonds. The molecular formula is C14H15N3O2. The summed E-state index contributed by atoms with van der Waals surface area (Å²) >= 11 is 0. The van der Waals surface area contributed by atoms with Crippen LogP contribution in [-0.4, -0.2) is 29.5 Å². The standard InChI is InChI=1S/C14H15N3O2/c1-19-13-4-2-12(3-5-13)14(18)17-7-6-11-8-15-10-16-9-11/h2-5,8-10H,6-7H2,1H3,(H,17,18). The van der Waals surface area contributed by atoms with Crippen LogP contribution in [0.4, 0.5) is 0 Å². The van der Waals surface area contributed by atoms with Gasteiger partial charge in [0.25, 0.3) is 5.91 Å². The van der Waals surface area contributed by atoms with Crippen LogP contribution in [-0.2, 0) is 6.42 Å². The fourth-order valence-electron chi connectivity index (χ4n) is 1.62. The molecule has 0 aliphatic carbocycles. The Kier molecular flexibility index (Phi) is 4.44. The lowest BCUT2D eigenvalue weighted by molar-refractivity contribution is 0.0954. The maximum absolute atomic E-state index is 11.9. The highest BCUT2D eigenvalue weighted by Gasteiger charge is 2.04. The minimum atomic E-state index is -0.0977. The Bertz CT molecular complexity index is 526. The van der Waals surface area contributed by atoms with E-state index in [1.54, 1.807) is 43.8 Å². The molecule has 1 aromatic heterocycles. The number of nitrogens with one attached hydrogen (secondary N) is 1. The van der Waals surface area contributed by atoms with E-state index in [-0.39, 0.29) is 5.91 Å². The van der Waals surface area contributed by atoms with Crippen molar-refractivity contribution in [3.8, 4) is 5.75 Å². The molecule has 1 N–H and O–H groups in total. The Balaban J connectivity index is 1.84. The maximum atomic E-state index is 11.9. The van der Waals surface area contributed by atoms with Crippen molar-refractivity contribution in [3.05, 3.63) is 54.1 Å². The van der Waals surface area contributed by atoms with Crippen LogP contribution in [0.15, 0.2) is 43.0 Å². The predicted octanol–water partition coefficient (Wildman–Crippen LogP) is 1.46. The highest BCUT2D eigenvalue weighted by molar-refractivity contribution is 5.94. The van der Waals surface area contributed by atoms with Crippen LogP contribution in [0, 0.1) is 0 Å². The van der Waals surface area contributed by atoms with Crippen LogP contribution in [0.5, 0.6) is 5.75 Å². The zero-order chi connectivity index (χ0) is 13.5. The number of amides is 1. The summed E-state index contributed by atoms with van der Waals surface area (Å²) in [5.41, 5.74) is 1.61. The number of carbonyl (C=O) groups excluding carboxylic acids is 1. The molecule has 1 aromatic carbocycles. The number of aromatic nitrogens is 2. The Morgan fingerprint density at radius 2 is 1.89 bits per heavy atom. The third kappa shape index (κ3) is 3.77. The normalized spacial score (nSPS) is 9.95. The molecular weight excluding hydrogens is 242 g/mol. The third-order valence-corrected chi connectivity index (χ3v) is 2.67. The smallest absolute Gasteiger partial charge is 0.251 e. The van der Waals surface area contributed by atoms with Gasteiger partial charge in [-0.3, -0.25) is 4.79 Å². The fourth-order valence-corrected chi connectivity index (χ4v) is 1.62. The van der Waals surface area contributed by atoms with Crippen molar-refractivity contribution < 1.29 is 9.53 Å². The Morgan fingerprint density at radius 1 is 1.21 bits per heavy atom. The molecule has 2 aromatic rings. The Morgan fingerprint density at radius 3 is 2.53 bits per heavy atom. The van der Waals surface area contributed by atoms with Gasteiger partial charge in [0.2, 0.25) is 0 Å². The molecule has 0 spiro atoms. The van der Waals surface area contributed by atoms with E-state index in [1.807, 2.05) is 0 Å². The van der Waals surface area contributed by atoms with Crippen LogP contribution in [0.3, 0.4) is 0 Å². The molecule has 5 nitrogen and oxygen atoms in total. The molecule has 0 aliphatic rings. The fraction of sp³-hybridized carbons (Fsp3) is 0.214. The number of ether oxygens (including phenoxy) is 1. The summed E-state index contributed by atoms with van der Waals surface area (Å²) in [7, 11) is 1.59. The van der Waals surface area contributed by atoms with Gasteiger partial charge < -0.3 is 10.1 Å². The number of hydrogen-bond donors (Lipinski definition) is 1. The molecule has 98 valence electrons. The van der Waals surface area contributed by atoms with Gasteiger partial charge in [-0.1, -0.05) is 0 Å². The minimum Gasteiger partial charge on any atom is -0.497 e. The molecule has 0 fully saturated rings. The maximum Gasteiger partial charge on any atom is 0.251 e. The van der Waals surface area contributed by atoms with E-state index >= 15 is 0 Å². The first-order valence-corrected chi connectivity index (χ1v) is 5.96. The number of benzene rings is 1. The SMILES string of the molecule is COc1ccc(C(=O)NCCc2cncnc2)cc1. The van der Waals surface area contributed by atoms with Crippen LogP contribution < -0.4 is 10.1 Å². The highest BCUT2D eigenvalue weighted by atomic mass is 16.5. The van der Waals surface area contributed by atoms with Crippen molar-refractivity contribution in [1.29, 1.82) is 0 Å². The molecule has 0 radical (unpaired) electrons. The van der Waals surface area contributed by atoms with Crippen molar-refractivity contribution in [2.24, 2.45) is 0 Å². The quantitative estimate of drug-likeness (QED) is 0.880. The average Bonchev–Trinajstić information content (AvgIpc) is 2.48. The second-order valence-corrected chi connectivity index (χ2v) is 3.98. The molecule has 5 heteroatoms. The molecule has 19 heavy (non-hydrogen) atoms. The molecule has 0 atom stereocenters. The molecule has 0 saturated heterocycles. The van der Waals surface area contributed by atoms with Crippen molar-refractivity contribution in [1.82, 2.24) is 15.3 Å². The van der Waals surface area contributed by atoms with E-state index in [4.69, 9.17) is 4.74 Å². The second kappa shape index (κ2) is 6.49. The van der Waals surface area contributed by atoms with Gasteiger partial charge in [-0.15, -0.1) is 0 Å². The van der Waals surface area contributed by atoms with E-state index in [1.165, 1.54) is 6.33 Å². The predicted molar refractivity (Wildman–Crippen MR) is 71.1 cm³/mol. The van der Waals surface area contributed by atoms with Gasteiger partial charge in [0.1, 0.15) is 12.1 Å². The van der Waals surface area contributed by atoms with Gasteiger partial charge in [-0.2, -0.15) is 0 Å². The zero-order valence-electron chi connectivity index (χ0n) is 10.7. The number of carbonyl (C=O) groups is 1. The van der Waals surface area contributed by atoms with Gasteiger partial charge in [0.05, 0.1) is 7.11 Å². The van der Waals surface area contributed by atoms with Gasteiger partial charge >= 0.3 is 0 Å². The lowest BCUT2D eigenvalue weighted by atomic mass is 10.2. The first kappa shape index (κ1) is 13.0. The summed E-state index contributed by atoms with van der Waals surface area (Å²) in [5, 5.41) is 2.85. The Hall–Kier alpha value is -2.43. The monoisotopic (exact) mass is 257 g/mol. The van der Waals surface area contributed by atoms with E-state index in [2.05, 4.69) is 15.3 Å². The van der Waals surface area contributed by atoms with E-state index in [0.717, 1.165) is 11.3 Å². The first-order valence-electron chi connectivity index (χ1n) is 5.96. The summed E-state index contributed by atoms with van der Waals surface area (Å²) in [4.78, 5) is 19.7. The zero-order valence-corrected chi connectivity index (χ0v) is 10.7.